The number of halogens is 3. The molecule has 0 aliphatic rings. The van der Waals surface area contributed by atoms with Crippen LogP contribution < -0.4 is 10.1 Å². The molecule has 0 unspecified atom stereocenters. The average molecular weight is 404 g/mol. The van der Waals surface area contributed by atoms with Crippen LogP contribution in [0.4, 0.5) is 18.9 Å². The molecule has 0 aliphatic carbocycles. The second kappa shape index (κ2) is 8.13. The summed E-state index contributed by atoms with van der Waals surface area (Å²) in [5.74, 6) is -0.743. The number of nitrogens with zero attached hydrogens (tertiary/aromatic N) is 3. The van der Waals surface area contributed by atoms with Gasteiger partial charge < -0.3 is 10.1 Å². The fourth-order valence-corrected chi connectivity index (χ4v) is 2.56. The SMILES string of the molecule is CC(=O)c1ccccc1OCC(=O)Nc1cc(C(F)(F)F)ccc1-n1cncn1. The fourth-order valence-electron chi connectivity index (χ4n) is 2.56. The summed E-state index contributed by atoms with van der Waals surface area (Å²) >= 11 is 0. The van der Waals surface area contributed by atoms with Gasteiger partial charge in [0.05, 0.1) is 22.5 Å². The summed E-state index contributed by atoms with van der Waals surface area (Å²) in [4.78, 5) is 27.7. The molecule has 1 heterocycles. The summed E-state index contributed by atoms with van der Waals surface area (Å²) in [6, 6.07) is 9.22. The Balaban J connectivity index is 1.81. The van der Waals surface area contributed by atoms with Crippen LogP contribution in [0.1, 0.15) is 22.8 Å². The minimum Gasteiger partial charge on any atom is -0.483 e. The van der Waals surface area contributed by atoms with Crippen molar-refractivity contribution in [3.63, 3.8) is 0 Å². The molecule has 1 amide bonds. The maximum Gasteiger partial charge on any atom is 0.416 e. The van der Waals surface area contributed by atoms with Gasteiger partial charge in [-0.05, 0) is 37.3 Å². The number of amides is 1. The van der Waals surface area contributed by atoms with Crippen LogP contribution in [-0.2, 0) is 11.0 Å². The monoisotopic (exact) mass is 404 g/mol. The summed E-state index contributed by atoms with van der Waals surface area (Å²) < 4.78 is 45.8. The lowest BCUT2D eigenvalue weighted by molar-refractivity contribution is -0.137. The van der Waals surface area contributed by atoms with E-state index in [4.69, 9.17) is 4.74 Å². The first-order valence-corrected chi connectivity index (χ1v) is 8.34. The van der Waals surface area contributed by atoms with E-state index in [-0.39, 0.29) is 22.9 Å². The van der Waals surface area contributed by atoms with Crippen LogP contribution in [0.2, 0.25) is 0 Å². The molecule has 0 aliphatic heterocycles. The number of hydrogen-bond acceptors (Lipinski definition) is 5. The van der Waals surface area contributed by atoms with Gasteiger partial charge in [-0.1, -0.05) is 12.1 Å². The second-order valence-electron chi connectivity index (χ2n) is 5.96. The summed E-state index contributed by atoms with van der Waals surface area (Å²) in [6.45, 7) is 0.854. The molecule has 0 saturated carbocycles. The van der Waals surface area contributed by atoms with Crippen molar-refractivity contribution in [2.45, 2.75) is 13.1 Å². The van der Waals surface area contributed by atoms with Crippen LogP contribution in [0, 0.1) is 0 Å². The minimum absolute atomic E-state index is 0.112. The normalized spacial score (nSPS) is 11.2. The third-order valence-electron chi connectivity index (χ3n) is 3.89. The first kappa shape index (κ1) is 20.1. The predicted molar refractivity (Wildman–Crippen MR) is 96.9 cm³/mol. The third-order valence-corrected chi connectivity index (χ3v) is 3.89. The highest BCUT2D eigenvalue weighted by Crippen LogP contribution is 2.33. The Bertz CT molecular complexity index is 1030. The molecule has 0 bridgehead atoms. The molecule has 0 radical (unpaired) electrons. The number of hydrogen-bond donors (Lipinski definition) is 1. The van der Waals surface area contributed by atoms with Crippen molar-refractivity contribution in [3.05, 3.63) is 66.2 Å². The maximum atomic E-state index is 13.1. The number of alkyl halides is 3. The van der Waals surface area contributed by atoms with Crippen LogP contribution in [0.25, 0.3) is 5.69 Å². The number of benzene rings is 2. The van der Waals surface area contributed by atoms with Gasteiger partial charge in [0.1, 0.15) is 18.4 Å². The Kier molecular flexibility index (Phi) is 5.62. The number of ketones is 1. The quantitative estimate of drug-likeness (QED) is 0.636. The van der Waals surface area contributed by atoms with Gasteiger partial charge in [0.15, 0.2) is 12.4 Å². The molecular weight excluding hydrogens is 389 g/mol. The molecule has 0 saturated heterocycles. The fraction of sp³-hybridized carbons (Fsp3) is 0.158. The first-order valence-electron chi connectivity index (χ1n) is 8.34. The molecule has 0 fully saturated rings. The molecule has 0 atom stereocenters. The average Bonchev–Trinajstić information content (AvgIpc) is 3.20. The Morgan fingerprint density at radius 1 is 1.17 bits per heavy atom. The van der Waals surface area contributed by atoms with Gasteiger partial charge in [-0.2, -0.15) is 18.3 Å². The van der Waals surface area contributed by atoms with E-state index in [1.165, 1.54) is 36.4 Å². The zero-order chi connectivity index (χ0) is 21.0. The van der Waals surface area contributed by atoms with Crippen LogP contribution in [0.15, 0.2) is 55.1 Å². The molecule has 10 heteroatoms. The van der Waals surface area contributed by atoms with Crippen LogP contribution in [-0.4, -0.2) is 33.1 Å². The molecule has 3 aromatic rings. The largest absolute Gasteiger partial charge is 0.483 e. The number of aromatic nitrogens is 3. The van der Waals surface area contributed by atoms with Crippen molar-refractivity contribution in [2.75, 3.05) is 11.9 Å². The van der Waals surface area contributed by atoms with Crippen molar-refractivity contribution < 1.29 is 27.5 Å². The van der Waals surface area contributed by atoms with Crippen molar-refractivity contribution in [2.24, 2.45) is 0 Å². The lowest BCUT2D eigenvalue weighted by atomic mass is 10.1. The predicted octanol–water partition coefficient (Wildman–Crippen LogP) is 3.51. The molecule has 3 rings (SSSR count). The molecule has 150 valence electrons. The number of para-hydroxylation sites is 1. The Labute approximate surface area is 163 Å². The number of Topliss-reactive ketones (excluding diaryl/α,β-unsaturated/α-hetero) is 1. The molecular formula is C19H15F3N4O3. The van der Waals surface area contributed by atoms with Gasteiger partial charge in [0.2, 0.25) is 0 Å². The van der Waals surface area contributed by atoms with Crippen LogP contribution in [0.5, 0.6) is 5.75 Å². The van der Waals surface area contributed by atoms with Crippen LogP contribution >= 0.6 is 0 Å². The number of anilines is 1. The highest BCUT2D eigenvalue weighted by molar-refractivity contribution is 5.97. The minimum atomic E-state index is -4.59. The smallest absolute Gasteiger partial charge is 0.416 e. The first-order chi connectivity index (χ1) is 13.8. The van der Waals surface area contributed by atoms with Gasteiger partial charge in [-0.3, -0.25) is 9.59 Å². The van der Waals surface area contributed by atoms with E-state index in [0.717, 1.165) is 12.1 Å². The Morgan fingerprint density at radius 2 is 1.93 bits per heavy atom. The van der Waals surface area contributed by atoms with Crippen LogP contribution in [0.3, 0.4) is 0 Å². The van der Waals surface area contributed by atoms with E-state index in [2.05, 4.69) is 15.4 Å². The van der Waals surface area contributed by atoms with E-state index in [9.17, 15) is 22.8 Å². The van der Waals surface area contributed by atoms with Gasteiger partial charge >= 0.3 is 6.18 Å². The maximum absolute atomic E-state index is 13.1. The van der Waals surface area contributed by atoms with Gasteiger partial charge in [0, 0.05) is 0 Å². The lowest BCUT2D eigenvalue weighted by Gasteiger charge is -2.15. The topological polar surface area (TPSA) is 86.1 Å². The number of carbonyl (C=O) groups excluding carboxylic acids is 2. The van der Waals surface area contributed by atoms with E-state index in [0.29, 0.717) is 5.56 Å². The van der Waals surface area contributed by atoms with Gasteiger partial charge in [0.25, 0.3) is 5.91 Å². The molecule has 0 spiro atoms. The summed E-state index contributed by atoms with van der Waals surface area (Å²) in [5, 5.41) is 6.27. The molecule has 2 aromatic carbocycles. The number of ether oxygens (including phenoxy) is 1. The van der Waals surface area contributed by atoms with Crippen molar-refractivity contribution in [1.29, 1.82) is 0 Å². The molecule has 1 aromatic heterocycles. The molecule has 1 N–H and O–H groups in total. The van der Waals surface area contributed by atoms with E-state index in [1.807, 2.05) is 0 Å². The number of carbonyl (C=O) groups is 2. The zero-order valence-electron chi connectivity index (χ0n) is 15.1. The van der Waals surface area contributed by atoms with Crippen molar-refractivity contribution in [1.82, 2.24) is 14.8 Å². The summed E-state index contributed by atoms with van der Waals surface area (Å²) in [6.07, 6.45) is -2.08. The molecule has 29 heavy (non-hydrogen) atoms. The van der Waals surface area contributed by atoms with E-state index >= 15 is 0 Å². The van der Waals surface area contributed by atoms with E-state index < -0.39 is 24.3 Å². The Hall–Kier alpha value is -3.69. The number of rotatable bonds is 6. The lowest BCUT2D eigenvalue weighted by Crippen LogP contribution is -2.22. The van der Waals surface area contributed by atoms with Gasteiger partial charge in [-0.15, -0.1) is 0 Å². The Morgan fingerprint density at radius 3 is 2.59 bits per heavy atom. The van der Waals surface area contributed by atoms with Gasteiger partial charge in [-0.25, -0.2) is 9.67 Å². The zero-order valence-corrected chi connectivity index (χ0v) is 15.1. The van der Waals surface area contributed by atoms with Crippen molar-refractivity contribution >= 4 is 17.4 Å². The number of nitrogens with one attached hydrogen (secondary N) is 1. The second-order valence-corrected chi connectivity index (χ2v) is 5.96. The third kappa shape index (κ3) is 4.78. The standard InChI is InChI=1S/C19H15F3N4O3/c1-12(27)14-4-2-3-5-17(14)29-9-18(28)25-15-8-13(19(20,21)22)6-7-16(15)26-11-23-10-24-26/h2-8,10-11H,9H2,1H3,(H,25,28). The highest BCUT2D eigenvalue weighted by atomic mass is 19.4. The highest BCUT2D eigenvalue weighted by Gasteiger charge is 2.31. The van der Waals surface area contributed by atoms with E-state index in [1.54, 1.807) is 18.2 Å². The summed E-state index contributed by atoms with van der Waals surface area (Å²) in [5.41, 5.74) is -0.547. The summed E-state index contributed by atoms with van der Waals surface area (Å²) in [7, 11) is 0. The van der Waals surface area contributed by atoms with Crippen molar-refractivity contribution in [3.8, 4) is 11.4 Å². The molecule has 7 nitrogen and oxygen atoms in total.